The first-order chi connectivity index (χ1) is 9.00. The minimum Gasteiger partial charge on any atom is -0.378 e. The van der Waals surface area contributed by atoms with Crippen molar-refractivity contribution in [2.24, 2.45) is 5.41 Å². The van der Waals surface area contributed by atoms with E-state index in [1.807, 2.05) is 43.3 Å². The van der Waals surface area contributed by atoms with Crippen LogP contribution in [-0.4, -0.2) is 25.5 Å². The molecule has 0 fully saturated rings. The summed E-state index contributed by atoms with van der Waals surface area (Å²) in [6, 6.07) is 7.67. The number of hydrogen-bond donors (Lipinski definition) is 1. The van der Waals surface area contributed by atoms with Gasteiger partial charge < -0.3 is 10.2 Å². The molecule has 0 aliphatic carbocycles. The van der Waals surface area contributed by atoms with Gasteiger partial charge in [0, 0.05) is 30.9 Å². The number of rotatable bonds is 4. The first kappa shape index (κ1) is 16.5. The topological polar surface area (TPSA) is 32.3 Å². The van der Waals surface area contributed by atoms with E-state index in [1.165, 1.54) is 0 Å². The van der Waals surface area contributed by atoms with Crippen LogP contribution in [0.15, 0.2) is 24.3 Å². The van der Waals surface area contributed by atoms with E-state index in [0.29, 0.717) is 5.56 Å². The van der Waals surface area contributed by atoms with E-state index < -0.39 is 0 Å². The second kappa shape index (κ2) is 5.86. The fraction of sp³-hybridized carbons (Fsp3) is 0.588. The van der Waals surface area contributed by atoms with Gasteiger partial charge in [-0.1, -0.05) is 20.8 Å². The van der Waals surface area contributed by atoms with Gasteiger partial charge in [-0.15, -0.1) is 0 Å². The molecule has 0 bridgehead atoms. The number of carbonyl (C=O) groups is 1. The average Bonchev–Trinajstić information content (AvgIpc) is 2.24. The lowest BCUT2D eigenvalue weighted by Crippen LogP contribution is -2.45. The van der Waals surface area contributed by atoms with Crippen LogP contribution in [0.2, 0.25) is 0 Å². The number of anilines is 1. The molecule has 3 nitrogen and oxygen atoms in total. The van der Waals surface area contributed by atoms with Crippen molar-refractivity contribution in [1.29, 1.82) is 0 Å². The van der Waals surface area contributed by atoms with Gasteiger partial charge in [-0.2, -0.15) is 0 Å². The standard InChI is InChI=1S/C17H28N2O/c1-16(2,3)12-17(4,5)18-15(20)13-8-10-14(11-9-13)19(6)7/h8-11H,12H2,1-7H3,(H,18,20). The third-order valence-electron chi connectivity index (χ3n) is 3.07. The Labute approximate surface area is 123 Å². The highest BCUT2D eigenvalue weighted by atomic mass is 16.1. The molecule has 1 rings (SSSR count). The molecule has 0 atom stereocenters. The molecule has 1 aromatic rings. The Morgan fingerprint density at radius 3 is 1.95 bits per heavy atom. The van der Waals surface area contributed by atoms with Crippen LogP contribution in [0.3, 0.4) is 0 Å². The highest BCUT2D eigenvalue weighted by Crippen LogP contribution is 2.27. The fourth-order valence-corrected chi connectivity index (χ4v) is 2.66. The molecule has 0 radical (unpaired) electrons. The van der Waals surface area contributed by atoms with E-state index in [0.717, 1.165) is 12.1 Å². The van der Waals surface area contributed by atoms with E-state index in [9.17, 15) is 4.79 Å². The van der Waals surface area contributed by atoms with Gasteiger partial charge in [0.2, 0.25) is 0 Å². The van der Waals surface area contributed by atoms with Gasteiger partial charge in [-0.3, -0.25) is 4.79 Å². The molecule has 0 unspecified atom stereocenters. The number of amides is 1. The summed E-state index contributed by atoms with van der Waals surface area (Å²) in [7, 11) is 3.98. The zero-order valence-electron chi connectivity index (χ0n) is 13.9. The van der Waals surface area contributed by atoms with Gasteiger partial charge in [-0.05, 0) is 49.9 Å². The van der Waals surface area contributed by atoms with Gasteiger partial charge in [0.1, 0.15) is 0 Å². The Hall–Kier alpha value is -1.51. The molecular weight excluding hydrogens is 248 g/mol. The summed E-state index contributed by atoms with van der Waals surface area (Å²) in [6.07, 6.45) is 0.932. The van der Waals surface area contributed by atoms with Crippen molar-refractivity contribution >= 4 is 11.6 Å². The second-order valence-corrected chi connectivity index (χ2v) is 7.52. The first-order valence-electron chi connectivity index (χ1n) is 7.10. The maximum atomic E-state index is 12.3. The summed E-state index contributed by atoms with van der Waals surface area (Å²) >= 11 is 0. The Kier molecular flexibility index (Phi) is 4.85. The van der Waals surface area contributed by atoms with Crippen LogP contribution < -0.4 is 10.2 Å². The number of hydrogen-bond acceptors (Lipinski definition) is 2. The predicted octanol–water partition coefficient (Wildman–Crippen LogP) is 3.70. The Balaban J connectivity index is 2.75. The summed E-state index contributed by atoms with van der Waals surface area (Å²) in [4.78, 5) is 14.3. The molecule has 112 valence electrons. The van der Waals surface area contributed by atoms with Gasteiger partial charge in [0.05, 0.1) is 0 Å². The zero-order chi connectivity index (χ0) is 15.6. The second-order valence-electron chi connectivity index (χ2n) is 7.52. The Morgan fingerprint density at radius 1 is 1.05 bits per heavy atom. The van der Waals surface area contributed by atoms with Crippen molar-refractivity contribution in [2.45, 2.75) is 46.6 Å². The Morgan fingerprint density at radius 2 is 1.55 bits per heavy atom. The van der Waals surface area contributed by atoms with Crippen molar-refractivity contribution < 1.29 is 4.79 Å². The number of carbonyl (C=O) groups excluding carboxylic acids is 1. The lowest BCUT2D eigenvalue weighted by molar-refractivity contribution is 0.0891. The molecule has 1 aromatic carbocycles. The quantitative estimate of drug-likeness (QED) is 0.909. The minimum atomic E-state index is -0.213. The Bertz CT molecular complexity index is 453. The molecule has 0 saturated carbocycles. The molecule has 0 spiro atoms. The lowest BCUT2D eigenvalue weighted by atomic mass is 9.81. The van der Waals surface area contributed by atoms with Crippen LogP contribution in [0.4, 0.5) is 5.69 Å². The van der Waals surface area contributed by atoms with Crippen LogP contribution >= 0.6 is 0 Å². The SMILES string of the molecule is CN(C)c1ccc(C(=O)NC(C)(C)CC(C)(C)C)cc1. The van der Waals surface area contributed by atoms with E-state index in [1.54, 1.807) is 0 Å². The molecule has 0 saturated heterocycles. The highest BCUT2D eigenvalue weighted by molar-refractivity contribution is 5.95. The monoisotopic (exact) mass is 276 g/mol. The average molecular weight is 276 g/mol. The lowest BCUT2D eigenvalue weighted by Gasteiger charge is -2.33. The molecule has 0 aliphatic rings. The van der Waals surface area contributed by atoms with Crippen LogP contribution in [0.1, 0.15) is 51.4 Å². The highest BCUT2D eigenvalue weighted by Gasteiger charge is 2.27. The maximum Gasteiger partial charge on any atom is 0.251 e. The molecular formula is C17H28N2O. The summed E-state index contributed by atoms with van der Waals surface area (Å²) in [5.74, 6) is -0.00967. The molecule has 0 aliphatic heterocycles. The molecule has 0 aromatic heterocycles. The van der Waals surface area contributed by atoms with Crippen molar-refractivity contribution in [1.82, 2.24) is 5.32 Å². The third kappa shape index (κ3) is 5.24. The molecule has 1 N–H and O–H groups in total. The minimum absolute atomic E-state index is 0.00967. The van der Waals surface area contributed by atoms with Gasteiger partial charge in [0.25, 0.3) is 5.91 Å². The number of benzene rings is 1. The summed E-state index contributed by atoms with van der Waals surface area (Å²) < 4.78 is 0. The van der Waals surface area contributed by atoms with Crippen LogP contribution in [-0.2, 0) is 0 Å². The molecule has 20 heavy (non-hydrogen) atoms. The van der Waals surface area contributed by atoms with E-state index in [2.05, 4.69) is 39.9 Å². The van der Waals surface area contributed by atoms with Crippen LogP contribution in [0.25, 0.3) is 0 Å². The van der Waals surface area contributed by atoms with Crippen molar-refractivity contribution in [3.63, 3.8) is 0 Å². The van der Waals surface area contributed by atoms with Gasteiger partial charge >= 0.3 is 0 Å². The summed E-state index contributed by atoms with van der Waals surface area (Å²) in [5.41, 5.74) is 1.77. The van der Waals surface area contributed by atoms with Gasteiger partial charge in [-0.25, -0.2) is 0 Å². The molecule has 1 amide bonds. The molecule has 3 heteroatoms. The summed E-state index contributed by atoms with van der Waals surface area (Å²) in [6.45, 7) is 10.7. The largest absolute Gasteiger partial charge is 0.378 e. The van der Waals surface area contributed by atoms with E-state index in [4.69, 9.17) is 0 Å². The first-order valence-corrected chi connectivity index (χ1v) is 7.10. The van der Waals surface area contributed by atoms with E-state index >= 15 is 0 Å². The van der Waals surface area contributed by atoms with Gasteiger partial charge in [0.15, 0.2) is 0 Å². The van der Waals surface area contributed by atoms with Crippen molar-refractivity contribution in [3.8, 4) is 0 Å². The number of nitrogens with one attached hydrogen (secondary N) is 1. The third-order valence-corrected chi connectivity index (χ3v) is 3.07. The maximum absolute atomic E-state index is 12.3. The van der Waals surface area contributed by atoms with Crippen LogP contribution in [0.5, 0.6) is 0 Å². The fourth-order valence-electron chi connectivity index (χ4n) is 2.66. The molecule has 0 heterocycles. The smallest absolute Gasteiger partial charge is 0.251 e. The predicted molar refractivity (Wildman–Crippen MR) is 86.4 cm³/mol. The van der Waals surface area contributed by atoms with Crippen molar-refractivity contribution in [3.05, 3.63) is 29.8 Å². The zero-order valence-corrected chi connectivity index (χ0v) is 13.9. The van der Waals surface area contributed by atoms with Crippen molar-refractivity contribution in [2.75, 3.05) is 19.0 Å². The van der Waals surface area contributed by atoms with E-state index in [-0.39, 0.29) is 16.9 Å². The summed E-state index contributed by atoms with van der Waals surface area (Å²) in [5, 5.41) is 3.13. The number of nitrogens with zero attached hydrogens (tertiary/aromatic N) is 1. The normalized spacial score (nSPS) is 12.2. The van der Waals surface area contributed by atoms with Crippen LogP contribution in [0, 0.1) is 5.41 Å².